The Kier molecular flexibility index (Phi) is 5.22. The van der Waals surface area contributed by atoms with E-state index >= 15 is 0 Å². The van der Waals surface area contributed by atoms with Crippen LogP contribution < -0.4 is 5.73 Å². The SMILES string of the molecule is CC(CC(=N)N)N(C)Cc1c(F)ccc(Br)c1F. The van der Waals surface area contributed by atoms with Crippen LogP contribution in [0.25, 0.3) is 0 Å². The topological polar surface area (TPSA) is 53.1 Å². The number of hydrogen-bond acceptors (Lipinski definition) is 2. The number of halogens is 3. The molecule has 0 aliphatic carbocycles. The van der Waals surface area contributed by atoms with E-state index in [0.717, 1.165) is 0 Å². The van der Waals surface area contributed by atoms with E-state index in [1.54, 1.807) is 11.9 Å². The molecule has 6 heteroatoms. The second-order valence-corrected chi connectivity index (χ2v) is 5.17. The maximum absolute atomic E-state index is 13.8. The zero-order valence-electron chi connectivity index (χ0n) is 10.3. The summed E-state index contributed by atoms with van der Waals surface area (Å²) in [5.41, 5.74) is 5.33. The van der Waals surface area contributed by atoms with Crippen LogP contribution in [-0.4, -0.2) is 23.8 Å². The average Bonchev–Trinajstić information content (AvgIpc) is 2.28. The molecule has 1 atom stereocenters. The van der Waals surface area contributed by atoms with Crippen molar-refractivity contribution in [3.63, 3.8) is 0 Å². The molecule has 0 aliphatic heterocycles. The van der Waals surface area contributed by atoms with Crippen LogP contribution in [-0.2, 0) is 6.54 Å². The van der Waals surface area contributed by atoms with Gasteiger partial charge in [0.2, 0.25) is 0 Å². The van der Waals surface area contributed by atoms with Crippen molar-refractivity contribution in [1.82, 2.24) is 4.90 Å². The third-order valence-electron chi connectivity index (χ3n) is 2.81. The zero-order valence-corrected chi connectivity index (χ0v) is 11.9. The highest BCUT2D eigenvalue weighted by Gasteiger charge is 2.17. The first-order valence-electron chi connectivity index (χ1n) is 5.48. The lowest BCUT2D eigenvalue weighted by Gasteiger charge is -2.24. The van der Waals surface area contributed by atoms with Gasteiger partial charge >= 0.3 is 0 Å². The standard InChI is InChI=1S/C12H16BrF2N3/c1-7(5-11(16)17)18(2)6-8-10(14)4-3-9(13)12(8)15/h3-4,7H,5-6H2,1-2H3,(H3,16,17). The normalized spacial score (nSPS) is 12.8. The summed E-state index contributed by atoms with van der Waals surface area (Å²) in [6.07, 6.45) is 0.369. The number of nitrogens with two attached hydrogens (primary N) is 1. The summed E-state index contributed by atoms with van der Waals surface area (Å²) in [4.78, 5) is 1.76. The summed E-state index contributed by atoms with van der Waals surface area (Å²) in [7, 11) is 1.74. The van der Waals surface area contributed by atoms with E-state index in [4.69, 9.17) is 11.1 Å². The maximum Gasteiger partial charge on any atom is 0.144 e. The van der Waals surface area contributed by atoms with Gasteiger partial charge in [-0.3, -0.25) is 10.3 Å². The van der Waals surface area contributed by atoms with Crippen molar-refractivity contribution in [2.45, 2.75) is 25.9 Å². The predicted molar refractivity (Wildman–Crippen MR) is 71.5 cm³/mol. The van der Waals surface area contributed by atoms with Crippen molar-refractivity contribution in [1.29, 1.82) is 5.41 Å². The predicted octanol–water partition coefficient (Wildman–Crippen LogP) is 2.87. The van der Waals surface area contributed by atoms with Crippen molar-refractivity contribution >= 4 is 21.8 Å². The van der Waals surface area contributed by atoms with Crippen LogP contribution in [0, 0.1) is 17.0 Å². The lowest BCUT2D eigenvalue weighted by molar-refractivity contribution is 0.247. The Morgan fingerprint density at radius 2 is 2.11 bits per heavy atom. The summed E-state index contributed by atoms with van der Waals surface area (Å²) in [5.74, 6) is -1.10. The molecule has 0 heterocycles. The molecular formula is C12H16BrF2N3. The van der Waals surface area contributed by atoms with Gasteiger partial charge in [0, 0.05) is 24.6 Å². The van der Waals surface area contributed by atoms with Gasteiger partial charge in [0.15, 0.2) is 0 Å². The molecule has 100 valence electrons. The fourth-order valence-electron chi connectivity index (χ4n) is 1.59. The van der Waals surface area contributed by atoms with E-state index in [2.05, 4.69) is 15.9 Å². The van der Waals surface area contributed by atoms with E-state index in [1.807, 2.05) is 6.92 Å². The quantitative estimate of drug-likeness (QED) is 0.498. The molecule has 1 aromatic carbocycles. The molecule has 3 nitrogen and oxygen atoms in total. The first-order valence-corrected chi connectivity index (χ1v) is 6.27. The lowest BCUT2D eigenvalue weighted by Crippen LogP contribution is -2.33. The summed E-state index contributed by atoms with van der Waals surface area (Å²) >= 11 is 3.03. The molecule has 0 saturated carbocycles. The molecule has 3 N–H and O–H groups in total. The Morgan fingerprint density at radius 1 is 1.50 bits per heavy atom. The van der Waals surface area contributed by atoms with Gasteiger partial charge in [0.25, 0.3) is 0 Å². The van der Waals surface area contributed by atoms with Gasteiger partial charge in [-0.25, -0.2) is 8.78 Å². The van der Waals surface area contributed by atoms with Crippen LogP contribution >= 0.6 is 15.9 Å². The maximum atomic E-state index is 13.8. The van der Waals surface area contributed by atoms with Crippen LogP contribution in [0.15, 0.2) is 16.6 Å². The molecule has 0 fully saturated rings. The Labute approximate surface area is 114 Å². The molecule has 18 heavy (non-hydrogen) atoms. The molecule has 1 unspecified atom stereocenters. The number of rotatable bonds is 5. The van der Waals surface area contributed by atoms with Crippen molar-refractivity contribution in [3.8, 4) is 0 Å². The van der Waals surface area contributed by atoms with Gasteiger partial charge in [-0.15, -0.1) is 0 Å². The third-order valence-corrected chi connectivity index (χ3v) is 3.43. The number of nitrogens with zero attached hydrogens (tertiary/aromatic N) is 1. The largest absolute Gasteiger partial charge is 0.388 e. The Morgan fingerprint density at radius 3 is 2.67 bits per heavy atom. The van der Waals surface area contributed by atoms with Crippen molar-refractivity contribution < 1.29 is 8.78 Å². The second kappa shape index (κ2) is 6.24. The zero-order chi connectivity index (χ0) is 13.9. The highest BCUT2D eigenvalue weighted by Crippen LogP contribution is 2.23. The summed E-state index contributed by atoms with van der Waals surface area (Å²) in [5, 5.41) is 7.21. The van der Waals surface area contributed by atoms with Crippen LogP contribution in [0.5, 0.6) is 0 Å². The first-order chi connectivity index (χ1) is 8.32. The third kappa shape index (κ3) is 3.74. The average molecular weight is 320 g/mol. The van der Waals surface area contributed by atoms with Crippen LogP contribution in [0.3, 0.4) is 0 Å². The second-order valence-electron chi connectivity index (χ2n) is 4.32. The van der Waals surface area contributed by atoms with Crippen molar-refractivity contribution in [2.24, 2.45) is 5.73 Å². The molecule has 1 rings (SSSR count). The minimum absolute atomic E-state index is 0.0160. The molecule has 1 aromatic rings. The van der Waals surface area contributed by atoms with Gasteiger partial charge in [-0.1, -0.05) is 0 Å². The molecule has 0 radical (unpaired) electrons. The Bertz CT molecular complexity index is 451. The van der Waals surface area contributed by atoms with Crippen LogP contribution in [0.2, 0.25) is 0 Å². The van der Waals surface area contributed by atoms with E-state index in [-0.39, 0.29) is 28.5 Å². The highest BCUT2D eigenvalue weighted by molar-refractivity contribution is 9.10. The Balaban J connectivity index is 2.84. The van der Waals surface area contributed by atoms with Crippen LogP contribution in [0.4, 0.5) is 8.78 Å². The highest BCUT2D eigenvalue weighted by atomic mass is 79.9. The molecular weight excluding hydrogens is 304 g/mol. The smallest absolute Gasteiger partial charge is 0.144 e. The summed E-state index contributed by atoms with van der Waals surface area (Å²) in [6.45, 7) is 1.99. The molecule has 0 spiro atoms. The number of hydrogen-bond donors (Lipinski definition) is 2. The van der Waals surface area contributed by atoms with E-state index in [1.165, 1.54) is 12.1 Å². The van der Waals surface area contributed by atoms with Crippen LogP contribution in [0.1, 0.15) is 18.9 Å². The Hall–Kier alpha value is -1.01. The molecule has 0 amide bonds. The molecule has 0 bridgehead atoms. The molecule has 0 saturated heterocycles. The van der Waals surface area contributed by atoms with Gasteiger partial charge in [0.05, 0.1) is 10.3 Å². The van der Waals surface area contributed by atoms with Crippen molar-refractivity contribution in [3.05, 3.63) is 33.8 Å². The van der Waals surface area contributed by atoms with Gasteiger partial charge in [-0.05, 0) is 42.0 Å². The molecule has 0 aromatic heterocycles. The first kappa shape index (κ1) is 15.0. The minimum atomic E-state index is -0.586. The van der Waals surface area contributed by atoms with E-state index in [0.29, 0.717) is 6.42 Å². The number of nitrogens with one attached hydrogen (secondary N) is 1. The van der Waals surface area contributed by atoms with E-state index < -0.39 is 11.6 Å². The van der Waals surface area contributed by atoms with Gasteiger partial charge in [-0.2, -0.15) is 0 Å². The van der Waals surface area contributed by atoms with E-state index in [9.17, 15) is 8.78 Å². The lowest BCUT2D eigenvalue weighted by atomic mass is 10.1. The van der Waals surface area contributed by atoms with Gasteiger partial charge in [0.1, 0.15) is 11.6 Å². The van der Waals surface area contributed by atoms with Gasteiger partial charge < -0.3 is 5.73 Å². The minimum Gasteiger partial charge on any atom is -0.388 e. The fraction of sp³-hybridized carbons (Fsp3) is 0.417. The van der Waals surface area contributed by atoms with Crippen molar-refractivity contribution in [2.75, 3.05) is 7.05 Å². The summed E-state index contributed by atoms with van der Waals surface area (Å²) < 4.78 is 27.6. The summed E-state index contributed by atoms with van der Waals surface area (Å²) in [6, 6.07) is 2.51. The molecule has 0 aliphatic rings. The monoisotopic (exact) mass is 319 g/mol. The number of benzene rings is 1. The number of amidine groups is 1. The fourth-order valence-corrected chi connectivity index (χ4v) is 1.96.